The zero-order valence-corrected chi connectivity index (χ0v) is 14.0. The highest BCUT2D eigenvalue weighted by molar-refractivity contribution is 5.79. The van der Waals surface area contributed by atoms with Crippen molar-refractivity contribution in [2.75, 3.05) is 26.7 Å². The third kappa shape index (κ3) is 4.98. The van der Waals surface area contributed by atoms with Gasteiger partial charge in [-0.2, -0.15) is 0 Å². The predicted octanol–water partition coefficient (Wildman–Crippen LogP) is 2.00. The van der Waals surface area contributed by atoms with E-state index in [1.807, 2.05) is 24.3 Å². The zero-order chi connectivity index (χ0) is 16.7. The maximum Gasteiger partial charge on any atom is 0.223 e. The molecule has 126 valence electrons. The number of benzene rings is 1. The molecule has 0 unspecified atom stereocenters. The fraction of sp³-hybridized carbons (Fsp3) is 0.556. The van der Waals surface area contributed by atoms with Gasteiger partial charge < -0.3 is 15.0 Å². The SMILES string of the molecule is COc1ccccc1CCN(CCNC(=O)C1CCC1)C(C)=O. The summed E-state index contributed by atoms with van der Waals surface area (Å²) in [6.07, 6.45) is 3.88. The molecule has 23 heavy (non-hydrogen) atoms. The van der Waals surface area contributed by atoms with Crippen LogP contribution in [0.2, 0.25) is 0 Å². The van der Waals surface area contributed by atoms with E-state index in [4.69, 9.17) is 4.74 Å². The van der Waals surface area contributed by atoms with Crippen molar-refractivity contribution in [1.29, 1.82) is 0 Å². The molecule has 1 aliphatic carbocycles. The van der Waals surface area contributed by atoms with E-state index in [-0.39, 0.29) is 17.7 Å². The number of rotatable bonds is 8. The van der Waals surface area contributed by atoms with Crippen molar-refractivity contribution >= 4 is 11.8 Å². The number of nitrogens with one attached hydrogen (secondary N) is 1. The fourth-order valence-electron chi connectivity index (χ4n) is 2.72. The molecule has 1 aromatic carbocycles. The van der Waals surface area contributed by atoms with Gasteiger partial charge in [0.05, 0.1) is 7.11 Å². The maximum absolute atomic E-state index is 11.8. The Kier molecular flexibility index (Phi) is 6.44. The maximum atomic E-state index is 11.8. The summed E-state index contributed by atoms with van der Waals surface area (Å²) in [4.78, 5) is 25.4. The highest BCUT2D eigenvalue weighted by Crippen LogP contribution is 2.26. The van der Waals surface area contributed by atoms with Gasteiger partial charge in [0.1, 0.15) is 5.75 Å². The molecule has 1 aromatic rings. The second kappa shape index (κ2) is 8.56. The van der Waals surface area contributed by atoms with Crippen molar-refractivity contribution in [3.8, 4) is 5.75 Å². The van der Waals surface area contributed by atoms with Gasteiger partial charge in [-0.1, -0.05) is 24.6 Å². The van der Waals surface area contributed by atoms with Crippen LogP contribution in [-0.2, 0) is 16.0 Å². The first-order valence-electron chi connectivity index (χ1n) is 8.27. The lowest BCUT2D eigenvalue weighted by atomic mass is 9.85. The molecule has 1 aliphatic rings. The monoisotopic (exact) mass is 318 g/mol. The largest absolute Gasteiger partial charge is 0.496 e. The molecule has 0 radical (unpaired) electrons. The number of ether oxygens (including phenoxy) is 1. The second-order valence-electron chi connectivity index (χ2n) is 5.99. The van der Waals surface area contributed by atoms with Crippen LogP contribution in [0.15, 0.2) is 24.3 Å². The van der Waals surface area contributed by atoms with Gasteiger partial charge >= 0.3 is 0 Å². The van der Waals surface area contributed by atoms with Crippen LogP contribution in [0.25, 0.3) is 0 Å². The van der Waals surface area contributed by atoms with E-state index in [2.05, 4.69) is 5.32 Å². The highest BCUT2D eigenvalue weighted by atomic mass is 16.5. The molecule has 1 fully saturated rings. The summed E-state index contributed by atoms with van der Waals surface area (Å²) in [7, 11) is 1.65. The summed E-state index contributed by atoms with van der Waals surface area (Å²) < 4.78 is 5.34. The first kappa shape index (κ1) is 17.3. The molecule has 0 heterocycles. The number of amides is 2. The molecule has 5 nitrogen and oxygen atoms in total. The van der Waals surface area contributed by atoms with Crippen LogP contribution in [0.4, 0.5) is 0 Å². The molecular weight excluding hydrogens is 292 g/mol. The van der Waals surface area contributed by atoms with Crippen LogP contribution in [0.3, 0.4) is 0 Å². The standard InChI is InChI=1S/C18H26N2O3/c1-14(21)20(13-11-19-18(22)16-7-5-8-16)12-10-15-6-3-4-9-17(15)23-2/h3-4,6,9,16H,5,7-8,10-13H2,1-2H3,(H,19,22). The minimum atomic E-state index is 0.0257. The Hall–Kier alpha value is -2.04. The van der Waals surface area contributed by atoms with E-state index in [0.29, 0.717) is 19.6 Å². The summed E-state index contributed by atoms with van der Waals surface area (Å²) in [6, 6.07) is 7.83. The van der Waals surface area contributed by atoms with Crippen molar-refractivity contribution < 1.29 is 14.3 Å². The molecule has 5 heteroatoms. The normalized spacial score (nSPS) is 14.0. The van der Waals surface area contributed by atoms with Gasteiger partial charge in [0.2, 0.25) is 11.8 Å². The number of hydrogen-bond donors (Lipinski definition) is 1. The summed E-state index contributed by atoms with van der Waals surface area (Å²) in [6.45, 7) is 3.24. The molecule has 0 spiro atoms. The summed E-state index contributed by atoms with van der Waals surface area (Å²) in [5.41, 5.74) is 1.08. The van der Waals surface area contributed by atoms with Crippen molar-refractivity contribution in [2.24, 2.45) is 5.92 Å². The van der Waals surface area contributed by atoms with Crippen LogP contribution in [0.5, 0.6) is 5.75 Å². The Morgan fingerprint density at radius 1 is 1.26 bits per heavy atom. The van der Waals surface area contributed by atoms with Gasteiger partial charge in [0.25, 0.3) is 0 Å². The number of para-hydroxylation sites is 1. The summed E-state index contributed by atoms with van der Waals surface area (Å²) >= 11 is 0. The average molecular weight is 318 g/mol. The molecule has 2 amide bonds. The van der Waals surface area contributed by atoms with Gasteiger partial charge in [-0.15, -0.1) is 0 Å². The Labute approximate surface area is 138 Å². The van der Waals surface area contributed by atoms with E-state index in [1.165, 1.54) is 0 Å². The summed E-state index contributed by atoms with van der Waals surface area (Å²) in [5, 5.41) is 2.93. The van der Waals surface area contributed by atoms with Crippen LogP contribution in [-0.4, -0.2) is 43.5 Å². The molecule has 0 aromatic heterocycles. The lowest BCUT2D eigenvalue weighted by molar-refractivity contribution is -0.130. The smallest absolute Gasteiger partial charge is 0.223 e. The van der Waals surface area contributed by atoms with Crippen LogP contribution in [0, 0.1) is 5.92 Å². The van der Waals surface area contributed by atoms with Crippen molar-refractivity contribution in [2.45, 2.75) is 32.6 Å². The Bertz CT molecular complexity index is 541. The predicted molar refractivity (Wildman–Crippen MR) is 89.3 cm³/mol. The number of methoxy groups -OCH3 is 1. The highest BCUT2D eigenvalue weighted by Gasteiger charge is 2.24. The van der Waals surface area contributed by atoms with E-state index < -0.39 is 0 Å². The minimum absolute atomic E-state index is 0.0257. The molecule has 0 saturated heterocycles. The minimum Gasteiger partial charge on any atom is -0.496 e. The molecule has 2 rings (SSSR count). The van der Waals surface area contributed by atoms with Gasteiger partial charge in [-0.05, 0) is 30.9 Å². The van der Waals surface area contributed by atoms with Crippen LogP contribution >= 0.6 is 0 Å². The van der Waals surface area contributed by atoms with Crippen molar-refractivity contribution in [3.05, 3.63) is 29.8 Å². The third-order valence-corrected chi connectivity index (χ3v) is 4.45. The van der Waals surface area contributed by atoms with Gasteiger partial charge in [-0.25, -0.2) is 0 Å². The number of hydrogen-bond acceptors (Lipinski definition) is 3. The molecule has 0 bridgehead atoms. The Morgan fingerprint density at radius 3 is 2.61 bits per heavy atom. The molecule has 0 atom stereocenters. The van der Waals surface area contributed by atoms with Gasteiger partial charge in [0, 0.05) is 32.5 Å². The quantitative estimate of drug-likeness (QED) is 0.797. The Balaban J connectivity index is 1.79. The lowest BCUT2D eigenvalue weighted by Crippen LogP contribution is -2.41. The van der Waals surface area contributed by atoms with E-state index >= 15 is 0 Å². The van der Waals surface area contributed by atoms with Crippen molar-refractivity contribution in [3.63, 3.8) is 0 Å². The van der Waals surface area contributed by atoms with Gasteiger partial charge in [0.15, 0.2) is 0 Å². The third-order valence-electron chi connectivity index (χ3n) is 4.45. The molecule has 1 N–H and O–H groups in total. The first-order valence-corrected chi connectivity index (χ1v) is 8.27. The van der Waals surface area contributed by atoms with Crippen LogP contribution < -0.4 is 10.1 Å². The van der Waals surface area contributed by atoms with E-state index in [1.54, 1.807) is 18.9 Å². The van der Waals surface area contributed by atoms with E-state index in [0.717, 1.165) is 37.0 Å². The molecule has 0 aliphatic heterocycles. The Morgan fingerprint density at radius 2 is 2.00 bits per heavy atom. The lowest BCUT2D eigenvalue weighted by Gasteiger charge is -2.26. The topological polar surface area (TPSA) is 58.6 Å². The summed E-state index contributed by atoms with van der Waals surface area (Å²) in [5.74, 6) is 1.19. The number of nitrogens with zero attached hydrogens (tertiary/aromatic N) is 1. The first-order chi connectivity index (χ1) is 11.1. The molecular formula is C18H26N2O3. The second-order valence-corrected chi connectivity index (χ2v) is 5.99. The fourth-order valence-corrected chi connectivity index (χ4v) is 2.72. The van der Waals surface area contributed by atoms with Gasteiger partial charge in [-0.3, -0.25) is 9.59 Å². The number of carbonyl (C=O) groups is 2. The molecule has 1 saturated carbocycles. The number of carbonyl (C=O) groups excluding carboxylic acids is 2. The van der Waals surface area contributed by atoms with E-state index in [9.17, 15) is 9.59 Å². The average Bonchev–Trinajstić information content (AvgIpc) is 2.48. The van der Waals surface area contributed by atoms with Crippen molar-refractivity contribution in [1.82, 2.24) is 10.2 Å². The van der Waals surface area contributed by atoms with Crippen LogP contribution in [0.1, 0.15) is 31.7 Å². The zero-order valence-electron chi connectivity index (χ0n) is 14.0.